The van der Waals surface area contributed by atoms with Crippen LogP contribution < -0.4 is 31.6 Å². The standard InChI is InChI=1S/C50H51N21O3/c1-30-37-44(59-49(52)70-46(37)57-42(61-70)35-5-3-4-12-55-35)68(39(30)41(51)72)27-21-63-19-25-67(26-20-63)33-10-15-65(16-11-33)34-6-7-36(56-29-34)43-58-47-38-31(2)40(48(73)74)69(45(38)60-50(53)71(47)62-43)28-22-64-17-23-66(24-18-64)32-8-13-54-14-9-32/h3-16,29H,17-28H2,1-2H3,(H6-,51,52,53,57,58,59,60,61,62,72,73,74)/p+1. The molecule has 0 radical (unpaired) electrons. The Hall–Kier alpha value is -9.16. The normalized spacial score (nSPS) is 14.8. The lowest BCUT2D eigenvalue weighted by molar-refractivity contribution is -0.595. The Morgan fingerprint density at radius 2 is 1.12 bits per heavy atom. The van der Waals surface area contributed by atoms with E-state index in [4.69, 9.17) is 42.1 Å². The van der Waals surface area contributed by atoms with Crippen molar-refractivity contribution in [3.63, 3.8) is 0 Å². The van der Waals surface area contributed by atoms with Crippen molar-refractivity contribution in [3.8, 4) is 28.7 Å². The van der Waals surface area contributed by atoms with E-state index in [-0.39, 0.29) is 17.6 Å². The zero-order chi connectivity index (χ0) is 50.8. The molecule has 10 aromatic rings. The number of carboxylic acid groups (broad SMARTS) is 1. The Balaban J connectivity index is 0.704. The first-order valence-corrected chi connectivity index (χ1v) is 24.4. The molecule has 12 heterocycles. The lowest BCUT2D eigenvalue weighted by Crippen LogP contribution is -2.47. The van der Waals surface area contributed by atoms with Crippen LogP contribution in [-0.4, -0.2) is 155 Å². The number of hydrogen-bond acceptors (Lipinski definition) is 17. The number of aromatic carboxylic acids is 1. The van der Waals surface area contributed by atoms with Gasteiger partial charge < -0.3 is 41.2 Å². The molecule has 0 atom stereocenters. The number of primary amides is 1. The lowest BCUT2D eigenvalue weighted by Gasteiger charge is -2.36. The van der Waals surface area contributed by atoms with Crippen molar-refractivity contribution >= 4 is 68.5 Å². The molecule has 0 spiro atoms. The van der Waals surface area contributed by atoms with Crippen LogP contribution in [0, 0.1) is 13.8 Å². The van der Waals surface area contributed by atoms with Crippen LogP contribution in [0.25, 0.3) is 62.1 Å². The number of anilines is 4. The number of rotatable bonds is 13. The summed E-state index contributed by atoms with van der Waals surface area (Å²) in [6.07, 6.45) is 11.1. The van der Waals surface area contributed by atoms with Crippen LogP contribution in [0.1, 0.15) is 32.1 Å². The van der Waals surface area contributed by atoms with E-state index >= 15 is 0 Å². The van der Waals surface area contributed by atoms with Gasteiger partial charge in [0.25, 0.3) is 5.91 Å². The Labute approximate surface area is 422 Å². The second kappa shape index (κ2) is 18.5. The van der Waals surface area contributed by atoms with Crippen molar-refractivity contribution in [1.82, 2.24) is 73.1 Å². The molecule has 2 aliphatic heterocycles. The molecule has 374 valence electrons. The Morgan fingerprint density at radius 1 is 0.595 bits per heavy atom. The van der Waals surface area contributed by atoms with Gasteiger partial charge in [0.1, 0.15) is 34.1 Å². The van der Waals surface area contributed by atoms with Crippen LogP contribution in [0.2, 0.25) is 0 Å². The minimum Gasteiger partial charge on any atom is -0.477 e. The van der Waals surface area contributed by atoms with Crippen LogP contribution in [0.3, 0.4) is 0 Å². The van der Waals surface area contributed by atoms with Gasteiger partial charge in [-0.1, -0.05) is 6.07 Å². The van der Waals surface area contributed by atoms with Gasteiger partial charge in [-0.05, 0) is 55.3 Å². The number of amides is 1. The number of piperazine rings is 2. The Morgan fingerprint density at radius 3 is 1.62 bits per heavy atom. The molecular formula is C50H52N21O3+. The summed E-state index contributed by atoms with van der Waals surface area (Å²) >= 11 is 0. The number of carbonyl (C=O) groups excluding carboxylic acids is 1. The highest BCUT2D eigenvalue weighted by molar-refractivity contribution is 6.05. The molecule has 0 saturated carbocycles. The van der Waals surface area contributed by atoms with Gasteiger partial charge in [0.05, 0.1) is 17.0 Å². The molecule has 0 unspecified atom stereocenters. The fourth-order valence-electron chi connectivity index (χ4n) is 10.5. The molecule has 24 nitrogen and oxygen atoms in total. The Kier molecular flexibility index (Phi) is 11.5. The molecule has 12 rings (SSSR count). The fourth-order valence-corrected chi connectivity index (χ4v) is 10.5. The second-order valence-electron chi connectivity index (χ2n) is 18.5. The maximum atomic E-state index is 12.9. The van der Waals surface area contributed by atoms with Crippen molar-refractivity contribution < 1.29 is 19.3 Å². The molecule has 24 heteroatoms. The van der Waals surface area contributed by atoms with E-state index in [1.54, 1.807) is 36.3 Å². The number of carboxylic acids is 1. The average molecular weight is 995 g/mol. The highest BCUT2D eigenvalue weighted by atomic mass is 16.4. The monoisotopic (exact) mass is 994 g/mol. The predicted octanol–water partition coefficient (Wildman–Crippen LogP) is 2.49. The maximum Gasteiger partial charge on any atom is 0.352 e. The number of aromatic nitrogens is 14. The SMILES string of the molecule is Cc1c(C(N)=O)n(CCN2CCN(c3cc[n+](-c4ccc(-c5nc6c7c(C)c(C(=O)O)n(CCN8CCN(c9ccncc9)CC8)c7nc(N)n6n5)nc4)cc3)CC2)c2nc(N)n3nc(-c4ccccn4)nc3c12. The molecule has 10 aromatic heterocycles. The maximum absolute atomic E-state index is 12.9. The van der Waals surface area contributed by atoms with E-state index in [1.165, 1.54) is 9.03 Å². The third-order valence-electron chi connectivity index (χ3n) is 14.3. The predicted molar refractivity (Wildman–Crippen MR) is 276 cm³/mol. The fraction of sp³-hybridized carbons (Fsp3) is 0.280. The molecule has 7 N–H and O–H groups in total. The second-order valence-corrected chi connectivity index (χ2v) is 18.5. The lowest BCUT2D eigenvalue weighted by atomic mass is 10.2. The molecule has 0 bridgehead atoms. The van der Waals surface area contributed by atoms with E-state index in [0.29, 0.717) is 99.4 Å². The first-order valence-electron chi connectivity index (χ1n) is 24.4. The molecule has 0 aromatic carbocycles. The summed E-state index contributed by atoms with van der Waals surface area (Å²) in [4.78, 5) is 67.4. The summed E-state index contributed by atoms with van der Waals surface area (Å²) in [6.45, 7) is 12.5. The number of nitrogens with zero attached hydrogens (tertiary/aromatic N) is 18. The van der Waals surface area contributed by atoms with Crippen molar-refractivity contribution in [2.75, 3.05) is 86.7 Å². The number of pyridine rings is 4. The zero-order valence-electron chi connectivity index (χ0n) is 40.7. The molecule has 2 saturated heterocycles. The largest absolute Gasteiger partial charge is 0.477 e. The first kappa shape index (κ1) is 45.9. The first-order chi connectivity index (χ1) is 36.0. The summed E-state index contributed by atoms with van der Waals surface area (Å²) < 4.78 is 8.53. The van der Waals surface area contributed by atoms with Crippen molar-refractivity contribution in [2.45, 2.75) is 26.9 Å². The van der Waals surface area contributed by atoms with Crippen LogP contribution in [-0.2, 0) is 13.1 Å². The molecule has 1 amide bonds. The highest BCUT2D eigenvalue weighted by Gasteiger charge is 2.29. The quantitative estimate of drug-likeness (QED) is 0.121. The van der Waals surface area contributed by atoms with Gasteiger partial charge in [-0.2, -0.15) is 23.6 Å². The summed E-state index contributed by atoms with van der Waals surface area (Å²) in [5, 5.41) is 21.0. The zero-order valence-corrected chi connectivity index (χ0v) is 40.7. The molecule has 0 aliphatic carbocycles. The minimum absolute atomic E-state index is 0.0936. The van der Waals surface area contributed by atoms with Crippen LogP contribution >= 0.6 is 0 Å². The molecule has 2 aliphatic rings. The Bertz CT molecular complexity index is 3760. The van der Waals surface area contributed by atoms with Crippen LogP contribution in [0.4, 0.5) is 23.3 Å². The summed E-state index contributed by atoms with van der Waals surface area (Å²) in [7, 11) is 0. The summed E-state index contributed by atoms with van der Waals surface area (Å²) in [5.41, 5.74) is 26.8. The highest BCUT2D eigenvalue weighted by Crippen LogP contribution is 2.32. The van der Waals surface area contributed by atoms with Crippen molar-refractivity contribution in [1.29, 1.82) is 0 Å². The van der Waals surface area contributed by atoms with Crippen LogP contribution in [0.5, 0.6) is 0 Å². The van der Waals surface area contributed by atoms with Gasteiger partial charge in [0.2, 0.25) is 29.2 Å². The molecule has 2 fully saturated rings. The number of aryl methyl sites for hydroxylation is 2. The van der Waals surface area contributed by atoms with Gasteiger partial charge in [-0.15, -0.1) is 10.2 Å². The number of nitrogen functional groups attached to an aromatic ring is 2. The number of carbonyl (C=O) groups is 2. The van der Waals surface area contributed by atoms with Gasteiger partial charge in [-0.3, -0.25) is 24.6 Å². The van der Waals surface area contributed by atoms with Gasteiger partial charge >= 0.3 is 5.97 Å². The van der Waals surface area contributed by atoms with Gasteiger partial charge in [0, 0.05) is 127 Å². The van der Waals surface area contributed by atoms with Crippen molar-refractivity contribution in [3.05, 3.63) is 114 Å². The smallest absolute Gasteiger partial charge is 0.352 e. The van der Waals surface area contributed by atoms with E-state index in [2.05, 4.69) is 51.9 Å². The number of hydrogen-bond donors (Lipinski definition) is 4. The average Bonchev–Trinajstić information content (AvgIpc) is 4.20. The number of fused-ring (bicyclic) bond motifs is 6. The van der Waals surface area contributed by atoms with E-state index in [1.807, 2.05) is 70.9 Å². The van der Waals surface area contributed by atoms with Crippen molar-refractivity contribution in [2.24, 2.45) is 5.73 Å². The third kappa shape index (κ3) is 8.04. The number of nitrogens with two attached hydrogens (primary N) is 3. The van der Waals surface area contributed by atoms with Crippen LogP contribution in [0.15, 0.2) is 91.8 Å². The van der Waals surface area contributed by atoms with Gasteiger partial charge in [0.15, 0.2) is 23.7 Å². The molecular weight excluding hydrogens is 943 g/mol. The molecule has 74 heavy (non-hydrogen) atoms. The topological polar surface area (TPSA) is 284 Å². The summed E-state index contributed by atoms with van der Waals surface area (Å²) in [5.74, 6) is -0.624. The van der Waals surface area contributed by atoms with E-state index in [0.717, 1.165) is 69.4 Å². The third-order valence-corrected chi connectivity index (χ3v) is 14.3. The minimum atomic E-state index is -1.05. The van der Waals surface area contributed by atoms with Gasteiger partial charge in [-0.25, -0.2) is 19.7 Å². The summed E-state index contributed by atoms with van der Waals surface area (Å²) in [6, 6.07) is 17.5. The van der Waals surface area contributed by atoms with E-state index in [9.17, 15) is 14.7 Å². The van der Waals surface area contributed by atoms with E-state index < -0.39 is 11.9 Å².